The van der Waals surface area contributed by atoms with Crippen molar-refractivity contribution in [3.05, 3.63) is 66.2 Å². The maximum atomic E-state index is 12.4. The van der Waals surface area contributed by atoms with Crippen molar-refractivity contribution >= 4 is 23.3 Å². The summed E-state index contributed by atoms with van der Waals surface area (Å²) in [6.07, 6.45) is -0.782. The van der Waals surface area contributed by atoms with Crippen molar-refractivity contribution in [1.29, 1.82) is 0 Å². The highest BCUT2D eigenvalue weighted by Crippen LogP contribution is 2.26. The van der Waals surface area contributed by atoms with E-state index in [1.165, 1.54) is 0 Å². The zero-order valence-corrected chi connectivity index (χ0v) is 13.9. The van der Waals surface area contributed by atoms with Gasteiger partial charge >= 0.3 is 5.97 Å². The SMILES string of the molecule is CC(OC(=O)C1CC(=O)N(c2ccccc2)C1)C(=O)c1ccccc1. The molecule has 0 bridgehead atoms. The number of anilines is 1. The van der Waals surface area contributed by atoms with Crippen molar-refractivity contribution in [2.45, 2.75) is 19.4 Å². The molecule has 0 spiro atoms. The molecular weight excluding hydrogens is 318 g/mol. The zero-order valence-electron chi connectivity index (χ0n) is 13.9. The summed E-state index contributed by atoms with van der Waals surface area (Å²) in [5, 5.41) is 0. The molecule has 0 aliphatic carbocycles. The molecule has 5 nitrogen and oxygen atoms in total. The molecule has 25 heavy (non-hydrogen) atoms. The van der Waals surface area contributed by atoms with Crippen molar-refractivity contribution in [2.24, 2.45) is 5.92 Å². The first-order chi connectivity index (χ1) is 12.1. The van der Waals surface area contributed by atoms with Gasteiger partial charge in [-0.1, -0.05) is 48.5 Å². The van der Waals surface area contributed by atoms with Gasteiger partial charge in [0.25, 0.3) is 0 Å². The molecular formula is C20H19NO4. The first kappa shape index (κ1) is 16.9. The van der Waals surface area contributed by atoms with E-state index in [0.717, 1.165) is 5.69 Å². The molecule has 1 aliphatic rings. The predicted molar refractivity (Wildman–Crippen MR) is 93.2 cm³/mol. The van der Waals surface area contributed by atoms with Crippen LogP contribution in [-0.2, 0) is 14.3 Å². The van der Waals surface area contributed by atoms with Gasteiger partial charge in [-0.05, 0) is 19.1 Å². The Bertz CT molecular complexity index is 773. The van der Waals surface area contributed by atoms with Gasteiger partial charge in [0, 0.05) is 24.2 Å². The average Bonchev–Trinajstić information content (AvgIpc) is 3.04. The van der Waals surface area contributed by atoms with Crippen LogP contribution in [0, 0.1) is 5.92 Å². The lowest BCUT2D eigenvalue weighted by atomic mass is 10.1. The highest BCUT2D eigenvalue weighted by atomic mass is 16.5. The zero-order chi connectivity index (χ0) is 17.8. The number of esters is 1. The first-order valence-electron chi connectivity index (χ1n) is 8.21. The summed E-state index contributed by atoms with van der Waals surface area (Å²) in [6, 6.07) is 17.9. The predicted octanol–water partition coefficient (Wildman–Crippen LogP) is 2.85. The molecule has 0 N–H and O–H groups in total. The van der Waals surface area contributed by atoms with Crippen LogP contribution in [0.2, 0.25) is 0 Å². The second-order valence-electron chi connectivity index (χ2n) is 6.05. The van der Waals surface area contributed by atoms with Crippen molar-refractivity contribution in [1.82, 2.24) is 0 Å². The number of Topliss-reactive ketones (excluding diaryl/α,β-unsaturated/α-hetero) is 1. The third kappa shape index (κ3) is 3.76. The van der Waals surface area contributed by atoms with E-state index in [9.17, 15) is 14.4 Å². The van der Waals surface area contributed by atoms with Gasteiger partial charge in [0.15, 0.2) is 6.10 Å². The minimum absolute atomic E-state index is 0.0972. The summed E-state index contributed by atoms with van der Waals surface area (Å²) in [5.74, 6) is -1.43. The van der Waals surface area contributed by atoms with Gasteiger partial charge in [0.1, 0.15) is 0 Å². The normalized spacial score (nSPS) is 18.0. The Morgan fingerprint density at radius 2 is 1.64 bits per heavy atom. The van der Waals surface area contributed by atoms with Crippen LogP contribution < -0.4 is 4.90 Å². The number of hydrogen-bond acceptors (Lipinski definition) is 4. The largest absolute Gasteiger partial charge is 0.454 e. The summed E-state index contributed by atoms with van der Waals surface area (Å²) >= 11 is 0. The molecule has 1 saturated heterocycles. The molecule has 1 amide bonds. The number of carbonyl (C=O) groups excluding carboxylic acids is 3. The van der Waals surface area contributed by atoms with Gasteiger partial charge < -0.3 is 9.64 Å². The number of benzene rings is 2. The molecule has 2 atom stereocenters. The number of ether oxygens (including phenoxy) is 1. The van der Waals surface area contributed by atoms with Crippen LogP contribution in [0.4, 0.5) is 5.69 Å². The summed E-state index contributed by atoms with van der Waals surface area (Å²) in [7, 11) is 0. The van der Waals surface area contributed by atoms with Gasteiger partial charge in [0.2, 0.25) is 11.7 Å². The Hall–Kier alpha value is -2.95. The van der Waals surface area contributed by atoms with E-state index in [2.05, 4.69) is 0 Å². The van der Waals surface area contributed by atoms with Gasteiger partial charge in [-0.2, -0.15) is 0 Å². The van der Waals surface area contributed by atoms with E-state index in [1.54, 1.807) is 36.1 Å². The number of amides is 1. The monoisotopic (exact) mass is 337 g/mol. The summed E-state index contributed by atoms with van der Waals surface area (Å²) in [4.78, 5) is 38.4. The minimum Gasteiger partial charge on any atom is -0.454 e. The number of hydrogen-bond donors (Lipinski definition) is 0. The Morgan fingerprint density at radius 1 is 1.04 bits per heavy atom. The van der Waals surface area contributed by atoms with Gasteiger partial charge in [-0.15, -0.1) is 0 Å². The molecule has 2 aromatic carbocycles. The Kier molecular flexibility index (Phi) is 4.93. The van der Waals surface area contributed by atoms with Crippen LogP contribution in [0.15, 0.2) is 60.7 Å². The third-order valence-electron chi connectivity index (χ3n) is 4.25. The maximum Gasteiger partial charge on any atom is 0.312 e. The number of nitrogens with zero attached hydrogens (tertiary/aromatic N) is 1. The second-order valence-corrected chi connectivity index (χ2v) is 6.05. The van der Waals surface area contributed by atoms with Crippen LogP contribution in [-0.4, -0.2) is 30.3 Å². The first-order valence-corrected chi connectivity index (χ1v) is 8.21. The van der Waals surface area contributed by atoms with Gasteiger partial charge in [-0.25, -0.2) is 0 Å². The standard InChI is InChI=1S/C20H19NO4/c1-14(19(23)15-8-4-2-5-9-15)25-20(24)16-12-18(22)21(13-16)17-10-6-3-7-11-17/h2-11,14,16H,12-13H2,1H3. The number of rotatable bonds is 5. The van der Waals surface area contributed by atoms with E-state index in [4.69, 9.17) is 4.74 Å². The van der Waals surface area contributed by atoms with Gasteiger partial charge in [0.05, 0.1) is 5.92 Å². The van der Waals surface area contributed by atoms with Crippen molar-refractivity contribution in [3.8, 4) is 0 Å². The fraction of sp³-hybridized carbons (Fsp3) is 0.250. The minimum atomic E-state index is -0.879. The lowest BCUT2D eigenvalue weighted by Gasteiger charge is -2.17. The summed E-state index contributed by atoms with van der Waals surface area (Å²) in [6.45, 7) is 1.83. The fourth-order valence-corrected chi connectivity index (χ4v) is 2.88. The average molecular weight is 337 g/mol. The Labute approximate surface area is 146 Å². The van der Waals surface area contributed by atoms with Crippen LogP contribution in [0.5, 0.6) is 0 Å². The molecule has 5 heteroatoms. The molecule has 128 valence electrons. The molecule has 0 saturated carbocycles. The Balaban J connectivity index is 1.62. The topological polar surface area (TPSA) is 63.7 Å². The second kappa shape index (κ2) is 7.30. The molecule has 0 radical (unpaired) electrons. The van der Waals surface area contributed by atoms with Crippen molar-refractivity contribution in [3.63, 3.8) is 0 Å². The highest BCUT2D eigenvalue weighted by Gasteiger charge is 2.37. The van der Waals surface area contributed by atoms with Crippen LogP contribution >= 0.6 is 0 Å². The highest BCUT2D eigenvalue weighted by molar-refractivity contribution is 6.02. The van der Waals surface area contributed by atoms with E-state index in [1.807, 2.05) is 36.4 Å². The smallest absolute Gasteiger partial charge is 0.312 e. The van der Waals surface area contributed by atoms with E-state index in [0.29, 0.717) is 5.56 Å². The lowest BCUT2D eigenvalue weighted by Crippen LogP contribution is -2.30. The summed E-state index contributed by atoms with van der Waals surface area (Å²) < 4.78 is 5.32. The molecule has 1 heterocycles. The Morgan fingerprint density at radius 3 is 2.28 bits per heavy atom. The molecule has 2 unspecified atom stereocenters. The number of para-hydroxylation sites is 1. The van der Waals surface area contributed by atoms with Crippen LogP contribution in [0.1, 0.15) is 23.7 Å². The fourth-order valence-electron chi connectivity index (χ4n) is 2.88. The quantitative estimate of drug-likeness (QED) is 0.622. The van der Waals surface area contributed by atoms with Crippen LogP contribution in [0.25, 0.3) is 0 Å². The van der Waals surface area contributed by atoms with Crippen molar-refractivity contribution in [2.75, 3.05) is 11.4 Å². The number of ketones is 1. The van der Waals surface area contributed by atoms with E-state index >= 15 is 0 Å². The van der Waals surface area contributed by atoms with E-state index < -0.39 is 18.0 Å². The van der Waals surface area contributed by atoms with Gasteiger partial charge in [-0.3, -0.25) is 14.4 Å². The maximum absolute atomic E-state index is 12.4. The third-order valence-corrected chi connectivity index (χ3v) is 4.25. The summed E-state index contributed by atoms with van der Waals surface area (Å²) in [5.41, 5.74) is 1.26. The molecule has 1 fully saturated rings. The molecule has 3 rings (SSSR count). The lowest BCUT2D eigenvalue weighted by molar-refractivity contribution is -0.151. The van der Waals surface area contributed by atoms with Crippen molar-refractivity contribution < 1.29 is 19.1 Å². The number of carbonyl (C=O) groups is 3. The van der Waals surface area contributed by atoms with Crippen LogP contribution in [0.3, 0.4) is 0 Å². The molecule has 2 aromatic rings. The molecule has 0 aromatic heterocycles. The molecule has 1 aliphatic heterocycles. The van der Waals surface area contributed by atoms with E-state index in [-0.39, 0.29) is 24.7 Å².